The fraction of sp³-hybridized carbons (Fsp3) is 0.267. The van der Waals surface area contributed by atoms with Crippen LogP contribution in [-0.4, -0.2) is 25.5 Å². The maximum absolute atomic E-state index is 12.3. The van der Waals surface area contributed by atoms with Crippen LogP contribution in [0.5, 0.6) is 0 Å². The van der Waals surface area contributed by atoms with Crippen molar-refractivity contribution in [3.63, 3.8) is 0 Å². The highest BCUT2D eigenvalue weighted by atomic mass is 32.2. The molecule has 22 heavy (non-hydrogen) atoms. The van der Waals surface area contributed by atoms with Gasteiger partial charge in [0.2, 0.25) is 10.0 Å². The molecule has 0 aliphatic rings. The number of carboxylic acid groups (broad SMARTS) is 1. The Kier molecular flexibility index (Phi) is 5.70. The largest absolute Gasteiger partial charge is 0.481 e. The molecule has 0 amide bonds. The van der Waals surface area contributed by atoms with Crippen molar-refractivity contribution in [1.82, 2.24) is 4.72 Å². The number of nitrogens with one attached hydrogen (secondary N) is 1. The highest BCUT2D eigenvalue weighted by Crippen LogP contribution is 2.18. The quantitative estimate of drug-likeness (QED) is 0.774. The van der Waals surface area contributed by atoms with E-state index in [2.05, 4.69) is 4.72 Å². The van der Waals surface area contributed by atoms with Crippen molar-refractivity contribution in [2.24, 2.45) is 0 Å². The number of rotatable bonds is 8. The predicted octanol–water partition coefficient (Wildman–Crippen LogP) is 2.50. The maximum Gasteiger partial charge on any atom is 0.303 e. The summed E-state index contributed by atoms with van der Waals surface area (Å²) in [6.45, 7) is 0. The summed E-state index contributed by atoms with van der Waals surface area (Å²) in [5, 5.41) is 10.5. The van der Waals surface area contributed by atoms with Crippen molar-refractivity contribution < 1.29 is 18.3 Å². The zero-order valence-corrected chi connectivity index (χ0v) is 13.4. The van der Waals surface area contributed by atoms with Crippen LogP contribution in [0.25, 0.3) is 0 Å². The lowest BCUT2D eigenvalue weighted by Crippen LogP contribution is -2.36. The van der Waals surface area contributed by atoms with Gasteiger partial charge in [0.05, 0.1) is 0 Å². The molecule has 2 N–H and O–H groups in total. The van der Waals surface area contributed by atoms with Crippen LogP contribution in [0.3, 0.4) is 0 Å². The number of benzene rings is 1. The Morgan fingerprint density at radius 1 is 1.18 bits per heavy atom. The summed E-state index contributed by atoms with van der Waals surface area (Å²) >= 11 is 1.14. The van der Waals surface area contributed by atoms with Crippen LogP contribution in [-0.2, 0) is 21.2 Å². The van der Waals surface area contributed by atoms with E-state index in [-0.39, 0.29) is 17.1 Å². The molecular weight excluding hydrogens is 322 g/mol. The molecule has 5 nitrogen and oxygen atoms in total. The number of hydrogen-bond donors (Lipinski definition) is 2. The first-order valence-corrected chi connectivity index (χ1v) is 9.15. The fourth-order valence-corrected chi connectivity index (χ4v) is 4.37. The van der Waals surface area contributed by atoms with Gasteiger partial charge in [-0.2, -0.15) is 0 Å². The lowest BCUT2D eigenvalue weighted by atomic mass is 10.0. The molecule has 1 unspecified atom stereocenters. The van der Waals surface area contributed by atoms with Crippen LogP contribution in [0.1, 0.15) is 18.4 Å². The van der Waals surface area contributed by atoms with Crippen LogP contribution in [0.15, 0.2) is 52.1 Å². The number of sulfonamides is 1. The van der Waals surface area contributed by atoms with Gasteiger partial charge in [-0.05, 0) is 29.9 Å². The summed E-state index contributed by atoms with van der Waals surface area (Å²) in [5.74, 6) is -0.937. The molecule has 0 saturated heterocycles. The van der Waals surface area contributed by atoms with Crippen LogP contribution in [0, 0.1) is 0 Å². The van der Waals surface area contributed by atoms with E-state index in [1.165, 1.54) is 6.07 Å². The molecule has 0 spiro atoms. The molecule has 1 atom stereocenters. The number of aliphatic carboxylic acids is 1. The molecule has 1 heterocycles. The number of thiophene rings is 1. The lowest BCUT2D eigenvalue weighted by Gasteiger charge is -2.17. The average Bonchev–Trinajstić information content (AvgIpc) is 3.00. The second kappa shape index (κ2) is 7.53. The molecule has 2 rings (SSSR count). The van der Waals surface area contributed by atoms with Crippen molar-refractivity contribution in [2.45, 2.75) is 29.5 Å². The van der Waals surface area contributed by atoms with Crippen molar-refractivity contribution >= 4 is 27.3 Å². The minimum atomic E-state index is -3.61. The molecule has 1 aromatic heterocycles. The maximum atomic E-state index is 12.3. The van der Waals surface area contributed by atoms with E-state index >= 15 is 0 Å². The Morgan fingerprint density at radius 2 is 1.91 bits per heavy atom. The van der Waals surface area contributed by atoms with Crippen LogP contribution in [0.4, 0.5) is 0 Å². The van der Waals surface area contributed by atoms with Gasteiger partial charge in [0.25, 0.3) is 0 Å². The Balaban J connectivity index is 2.12. The SMILES string of the molecule is O=C(O)CCC(Cc1ccccc1)NS(=O)(=O)c1cccs1. The first-order valence-electron chi connectivity index (χ1n) is 6.79. The molecule has 0 bridgehead atoms. The summed E-state index contributed by atoms with van der Waals surface area (Å²) < 4.78 is 27.4. The third kappa shape index (κ3) is 4.94. The highest BCUT2D eigenvalue weighted by molar-refractivity contribution is 7.91. The third-order valence-corrected chi connectivity index (χ3v) is 6.03. The molecule has 0 radical (unpaired) electrons. The van der Waals surface area contributed by atoms with Gasteiger partial charge in [-0.15, -0.1) is 11.3 Å². The summed E-state index contributed by atoms with van der Waals surface area (Å²) in [4.78, 5) is 10.8. The van der Waals surface area contributed by atoms with Gasteiger partial charge in [-0.25, -0.2) is 13.1 Å². The summed E-state index contributed by atoms with van der Waals surface area (Å²) in [6, 6.07) is 12.2. The topological polar surface area (TPSA) is 83.5 Å². The van der Waals surface area contributed by atoms with Crippen molar-refractivity contribution in [3.05, 3.63) is 53.4 Å². The zero-order valence-electron chi connectivity index (χ0n) is 11.8. The molecule has 0 fully saturated rings. The second-order valence-corrected chi connectivity index (χ2v) is 7.76. The highest BCUT2D eigenvalue weighted by Gasteiger charge is 2.21. The monoisotopic (exact) mass is 339 g/mol. The first kappa shape index (κ1) is 16.7. The number of carbonyl (C=O) groups is 1. The Hall–Kier alpha value is -1.70. The molecule has 0 saturated carbocycles. The Bertz CT molecular complexity index is 696. The van der Waals surface area contributed by atoms with Crippen LogP contribution in [0.2, 0.25) is 0 Å². The van der Waals surface area contributed by atoms with Gasteiger partial charge >= 0.3 is 5.97 Å². The average molecular weight is 339 g/mol. The summed E-state index contributed by atoms with van der Waals surface area (Å²) in [7, 11) is -3.61. The second-order valence-electron chi connectivity index (χ2n) is 4.87. The number of hydrogen-bond acceptors (Lipinski definition) is 4. The molecule has 118 valence electrons. The fourth-order valence-electron chi connectivity index (χ4n) is 2.09. The van der Waals surface area contributed by atoms with E-state index < -0.39 is 22.0 Å². The van der Waals surface area contributed by atoms with Crippen molar-refractivity contribution in [1.29, 1.82) is 0 Å². The summed E-state index contributed by atoms with van der Waals surface area (Å²) in [6.07, 6.45) is 0.623. The van der Waals surface area contributed by atoms with Gasteiger partial charge in [-0.1, -0.05) is 36.4 Å². The lowest BCUT2D eigenvalue weighted by molar-refractivity contribution is -0.137. The molecule has 0 aliphatic heterocycles. The third-order valence-electron chi connectivity index (χ3n) is 3.11. The van der Waals surface area contributed by atoms with E-state index in [1.54, 1.807) is 11.4 Å². The molecule has 0 aliphatic carbocycles. The van der Waals surface area contributed by atoms with Crippen molar-refractivity contribution in [3.8, 4) is 0 Å². The standard InChI is InChI=1S/C15H17NO4S2/c17-14(18)9-8-13(11-12-5-2-1-3-6-12)16-22(19,20)15-7-4-10-21-15/h1-7,10,13,16H,8-9,11H2,(H,17,18). The van der Waals surface area contributed by atoms with E-state index in [1.807, 2.05) is 30.3 Å². The van der Waals surface area contributed by atoms with Crippen LogP contribution >= 0.6 is 11.3 Å². The van der Waals surface area contributed by atoms with E-state index in [4.69, 9.17) is 5.11 Å². The van der Waals surface area contributed by atoms with Gasteiger partial charge < -0.3 is 5.11 Å². The van der Waals surface area contributed by atoms with Gasteiger partial charge in [-0.3, -0.25) is 4.79 Å². The minimum absolute atomic E-state index is 0.0789. The zero-order chi connectivity index (χ0) is 16.0. The summed E-state index contributed by atoms with van der Waals surface area (Å²) in [5.41, 5.74) is 0.965. The Labute approximate surface area is 133 Å². The number of carboxylic acids is 1. The molecule has 1 aromatic carbocycles. The van der Waals surface area contributed by atoms with Gasteiger partial charge in [0.15, 0.2) is 0 Å². The normalized spacial score (nSPS) is 12.9. The van der Waals surface area contributed by atoms with Gasteiger partial charge in [0, 0.05) is 12.5 Å². The molecular formula is C15H17NO4S2. The van der Waals surface area contributed by atoms with Crippen LogP contribution < -0.4 is 4.72 Å². The van der Waals surface area contributed by atoms with E-state index in [9.17, 15) is 13.2 Å². The van der Waals surface area contributed by atoms with Gasteiger partial charge in [0.1, 0.15) is 4.21 Å². The minimum Gasteiger partial charge on any atom is -0.481 e. The van der Waals surface area contributed by atoms with Crippen molar-refractivity contribution in [2.75, 3.05) is 0 Å². The molecule has 2 aromatic rings. The predicted molar refractivity (Wildman–Crippen MR) is 85.4 cm³/mol. The Morgan fingerprint density at radius 3 is 2.50 bits per heavy atom. The van der Waals surface area contributed by atoms with E-state index in [0.717, 1.165) is 16.9 Å². The first-order chi connectivity index (χ1) is 10.5. The smallest absolute Gasteiger partial charge is 0.303 e. The van der Waals surface area contributed by atoms with E-state index in [0.29, 0.717) is 6.42 Å². The molecule has 7 heteroatoms.